The molecule has 1 aromatic heterocycles. The van der Waals surface area contributed by atoms with E-state index in [2.05, 4.69) is 66.1 Å². The summed E-state index contributed by atoms with van der Waals surface area (Å²) in [5.74, 6) is 1.46. The average Bonchev–Trinajstić information content (AvgIpc) is 2.68. The van der Waals surface area contributed by atoms with Crippen molar-refractivity contribution in [2.45, 2.75) is 52.4 Å². The first-order valence-corrected chi connectivity index (χ1v) is 10.1. The Morgan fingerprint density at radius 2 is 1.71 bits per heavy atom. The molecular weight excluding hydrogens is 352 g/mol. The summed E-state index contributed by atoms with van der Waals surface area (Å²) in [7, 11) is 0. The van der Waals surface area contributed by atoms with E-state index in [4.69, 9.17) is 0 Å². The Morgan fingerprint density at radius 1 is 1.11 bits per heavy atom. The van der Waals surface area contributed by atoms with Gasteiger partial charge in [-0.3, -0.25) is 4.79 Å². The van der Waals surface area contributed by atoms with Gasteiger partial charge in [0.1, 0.15) is 18.0 Å². The molecule has 1 aromatic carbocycles. The van der Waals surface area contributed by atoms with Crippen LogP contribution in [0.3, 0.4) is 0 Å². The van der Waals surface area contributed by atoms with Gasteiger partial charge >= 0.3 is 5.97 Å². The van der Waals surface area contributed by atoms with Crippen molar-refractivity contribution in [2.75, 3.05) is 23.3 Å². The van der Waals surface area contributed by atoms with Crippen molar-refractivity contribution in [3.8, 4) is 0 Å². The van der Waals surface area contributed by atoms with Gasteiger partial charge in [0.2, 0.25) is 0 Å². The van der Waals surface area contributed by atoms with E-state index >= 15 is 0 Å². The molecule has 1 aliphatic rings. The summed E-state index contributed by atoms with van der Waals surface area (Å²) in [6.07, 6.45) is 2.87. The molecule has 0 atom stereocenters. The third-order valence-electron chi connectivity index (χ3n) is 5.45. The van der Waals surface area contributed by atoms with Gasteiger partial charge in [-0.2, -0.15) is 0 Å². The van der Waals surface area contributed by atoms with Crippen LogP contribution in [-0.2, 0) is 4.79 Å². The molecule has 1 saturated heterocycles. The van der Waals surface area contributed by atoms with Gasteiger partial charge < -0.3 is 15.3 Å². The van der Waals surface area contributed by atoms with Gasteiger partial charge in [-0.1, -0.05) is 45.9 Å². The average molecular weight is 383 g/mol. The number of hydrogen-bond donors (Lipinski definition) is 2. The van der Waals surface area contributed by atoms with Gasteiger partial charge in [-0.25, -0.2) is 9.97 Å². The summed E-state index contributed by atoms with van der Waals surface area (Å²) in [4.78, 5) is 22.2. The fourth-order valence-electron chi connectivity index (χ4n) is 3.77. The second-order valence-corrected chi connectivity index (χ2v) is 8.11. The smallest absolute Gasteiger partial charge is 0.306 e. The number of carboxylic acid groups (broad SMARTS) is 1. The van der Waals surface area contributed by atoms with Crippen LogP contribution in [0.15, 0.2) is 30.6 Å². The number of anilines is 3. The molecule has 0 spiro atoms. The lowest BCUT2D eigenvalue weighted by Crippen LogP contribution is -2.36. The van der Waals surface area contributed by atoms with Crippen LogP contribution in [0.5, 0.6) is 0 Å². The van der Waals surface area contributed by atoms with E-state index in [1.807, 2.05) is 6.07 Å². The molecule has 28 heavy (non-hydrogen) atoms. The Bertz CT molecular complexity index is 801. The molecule has 2 aromatic rings. The summed E-state index contributed by atoms with van der Waals surface area (Å²) in [5, 5.41) is 12.7. The Morgan fingerprint density at radius 3 is 2.25 bits per heavy atom. The topological polar surface area (TPSA) is 78.4 Å². The number of nitrogens with zero attached hydrogens (tertiary/aromatic N) is 3. The van der Waals surface area contributed by atoms with Crippen LogP contribution in [0.2, 0.25) is 0 Å². The SMILES string of the molecule is CC(C)c1cccc(C(C)C)c1Nc1cc(N2CCC(C(=O)O)CC2)ncn1. The van der Waals surface area contributed by atoms with Gasteiger partial charge in [0.15, 0.2) is 0 Å². The quantitative estimate of drug-likeness (QED) is 0.749. The van der Waals surface area contributed by atoms with Crippen LogP contribution in [0.4, 0.5) is 17.3 Å². The molecule has 6 nitrogen and oxygen atoms in total. The second kappa shape index (κ2) is 8.59. The highest BCUT2D eigenvalue weighted by Gasteiger charge is 2.25. The molecule has 3 rings (SSSR count). The number of benzene rings is 1. The molecule has 0 unspecified atom stereocenters. The molecular formula is C22H30N4O2. The van der Waals surface area contributed by atoms with E-state index in [-0.39, 0.29) is 5.92 Å². The number of carbonyl (C=O) groups is 1. The zero-order chi connectivity index (χ0) is 20.3. The lowest BCUT2D eigenvalue weighted by atomic mass is 9.92. The van der Waals surface area contributed by atoms with Crippen molar-refractivity contribution < 1.29 is 9.90 Å². The van der Waals surface area contributed by atoms with Crippen LogP contribution in [0, 0.1) is 5.92 Å². The lowest BCUT2D eigenvalue weighted by molar-refractivity contribution is -0.142. The van der Waals surface area contributed by atoms with Crippen LogP contribution in [-0.4, -0.2) is 34.1 Å². The minimum atomic E-state index is -0.698. The minimum Gasteiger partial charge on any atom is -0.481 e. The molecule has 2 heterocycles. The van der Waals surface area contributed by atoms with Crippen LogP contribution in [0.25, 0.3) is 0 Å². The van der Waals surface area contributed by atoms with E-state index in [0.717, 1.165) is 17.3 Å². The monoisotopic (exact) mass is 382 g/mol. The maximum absolute atomic E-state index is 11.2. The summed E-state index contributed by atoms with van der Waals surface area (Å²) in [6.45, 7) is 10.2. The summed E-state index contributed by atoms with van der Waals surface area (Å²) >= 11 is 0. The lowest BCUT2D eigenvalue weighted by Gasteiger charge is -2.31. The normalized spacial score (nSPS) is 15.3. The number of piperidine rings is 1. The van der Waals surface area contributed by atoms with Crippen molar-refractivity contribution in [2.24, 2.45) is 5.92 Å². The highest BCUT2D eigenvalue weighted by Crippen LogP contribution is 2.34. The number of carboxylic acids is 1. The molecule has 0 bridgehead atoms. The fraction of sp³-hybridized carbons (Fsp3) is 0.500. The van der Waals surface area contributed by atoms with E-state index in [1.54, 1.807) is 6.33 Å². The highest BCUT2D eigenvalue weighted by molar-refractivity contribution is 5.71. The van der Waals surface area contributed by atoms with Gasteiger partial charge in [0.25, 0.3) is 0 Å². The summed E-state index contributed by atoms with van der Waals surface area (Å²) in [6, 6.07) is 8.41. The zero-order valence-electron chi connectivity index (χ0n) is 17.1. The first-order chi connectivity index (χ1) is 13.4. The Kier molecular flexibility index (Phi) is 6.17. The number of para-hydroxylation sites is 1. The van der Waals surface area contributed by atoms with Crippen molar-refractivity contribution in [3.05, 3.63) is 41.7 Å². The zero-order valence-corrected chi connectivity index (χ0v) is 17.1. The van der Waals surface area contributed by atoms with E-state index in [0.29, 0.717) is 37.8 Å². The third-order valence-corrected chi connectivity index (χ3v) is 5.45. The fourth-order valence-corrected chi connectivity index (χ4v) is 3.77. The van der Waals surface area contributed by atoms with Gasteiger partial charge in [0.05, 0.1) is 5.92 Å². The molecule has 2 N–H and O–H groups in total. The van der Waals surface area contributed by atoms with Crippen LogP contribution >= 0.6 is 0 Å². The van der Waals surface area contributed by atoms with Gasteiger partial charge in [-0.15, -0.1) is 0 Å². The second-order valence-electron chi connectivity index (χ2n) is 8.11. The highest BCUT2D eigenvalue weighted by atomic mass is 16.4. The van der Waals surface area contributed by atoms with Gasteiger partial charge in [-0.05, 0) is 35.8 Å². The molecule has 6 heteroatoms. The summed E-state index contributed by atoms with van der Waals surface area (Å²) < 4.78 is 0. The molecule has 0 radical (unpaired) electrons. The molecule has 0 aliphatic carbocycles. The van der Waals surface area contributed by atoms with E-state index in [9.17, 15) is 9.90 Å². The summed E-state index contributed by atoms with van der Waals surface area (Å²) in [5.41, 5.74) is 3.67. The number of aromatic nitrogens is 2. The Labute approximate surface area is 167 Å². The van der Waals surface area contributed by atoms with E-state index in [1.165, 1.54) is 11.1 Å². The molecule has 0 amide bonds. The predicted molar refractivity (Wildman–Crippen MR) is 113 cm³/mol. The number of nitrogens with one attached hydrogen (secondary N) is 1. The van der Waals surface area contributed by atoms with Crippen molar-refractivity contribution >= 4 is 23.3 Å². The van der Waals surface area contributed by atoms with Crippen molar-refractivity contribution in [1.82, 2.24) is 9.97 Å². The molecule has 1 fully saturated rings. The molecule has 1 aliphatic heterocycles. The van der Waals surface area contributed by atoms with Gasteiger partial charge in [0, 0.05) is 24.8 Å². The maximum atomic E-state index is 11.2. The largest absolute Gasteiger partial charge is 0.481 e. The minimum absolute atomic E-state index is 0.248. The number of hydrogen-bond acceptors (Lipinski definition) is 5. The standard InChI is InChI=1S/C22H30N4O2/c1-14(2)17-6-5-7-18(15(3)4)21(17)25-19-12-20(24-13-23-19)26-10-8-16(9-11-26)22(27)28/h5-7,12-16H,8-11H2,1-4H3,(H,27,28)(H,23,24,25). The number of aliphatic carboxylic acids is 1. The van der Waals surface area contributed by atoms with Crippen molar-refractivity contribution in [3.63, 3.8) is 0 Å². The number of rotatable bonds is 6. The Hall–Kier alpha value is -2.63. The maximum Gasteiger partial charge on any atom is 0.306 e. The van der Waals surface area contributed by atoms with Crippen molar-refractivity contribution in [1.29, 1.82) is 0 Å². The van der Waals surface area contributed by atoms with E-state index < -0.39 is 5.97 Å². The Balaban J connectivity index is 1.84. The molecule has 150 valence electrons. The first kappa shape index (κ1) is 20.1. The van der Waals surface area contributed by atoms with Crippen LogP contribution in [0.1, 0.15) is 63.5 Å². The third kappa shape index (κ3) is 4.43. The molecule has 0 saturated carbocycles. The first-order valence-electron chi connectivity index (χ1n) is 10.1. The van der Waals surface area contributed by atoms with Crippen LogP contribution < -0.4 is 10.2 Å². The predicted octanol–water partition coefficient (Wildman–Crippen LogP) is 4.77.